The Balaban J connectivity index is 2.52. The summed E-state index contributed by atoms with van der Waals surface area (Å²) in [4.78, 5) is 0. The molecule has 0 N–H and O–H groups in total. The minimum absolute atomic E-state index is 0.232. The van der Waals surface area contributed by atoms with Gasteiger partial charge in [-0.3, -0.25) is 0 Å². The van der Waals surface area contributed by atoms with Crippen molar-refractivity contribution in [3.8, 4) is 0 Å². The second kappa shape index (κ2) is 6.47. The van der Waals surface area contributed by atoms with E-state index in [1.807, 2.05) is 0 Å². The second-order valence-corrected chi connectivity index (χ2v) is 4.68. The molecular formula is C18H18F2. The maximum absolute atomic E-state index is 13.0. The fourth-order valence-corrected chi connectivity index (χ4v) is 2.49. The highest BCUT2D eigenvalue weighted by molar-refractivity contribution is 5.90. The van der Waals surface area contributed by atoms with Crippen LogP contribution in [0.15, 0.2) is 48.5 Å². The lowest BCUT2D eigenvalue weighted by atomic mass is 9.91. The van der Waals surface area contributed by atoms with E-state index >= 15 is 0 Å². The van der Waals surface area contributed by atoms with Crippen molar-refractivity contribution < 1.29 is 8.78 Å². The van der Waals surface area contributed by atoms with E-state index in [9.17, 15) is 8.78 Å². The molecule has 0 aromatic heterocycles. The Bertz CT molecular complexity index is 537. The van der Waals surface area contributed by atoms with E-state index < -0.39 is 0 Å². The Morgan fingerprint density at radius 3 is 1.20 bits per heavy atom. The molecule has 0 unspecified atom stereocenters. The fraction of sp³-hybridized carbons (Fsp3) is 0.222. The molecule has 2 aromatic rings. The van der Waals surface area contributed by atoms with E-state index in [-0.39, 0.29) is 11.6 Å². The zero-order chi connectivity index (χ0) is 14.5. The summed E-state index contributed by atoms with van der Waals surface area (Å²) in [6.07, 6.45) is 1.71. The van der Waals surface area contributed by atoms with Crippen molar-refractivity contribution in [3.05, 3.63) is 71.3 Å². The molecule has 0 atom stereocenters. The Morgan fingerprint density at radius 1 is 0.650 bits per heavy atom. The largest absolute Gasteiger partial charge is 0.207 e. The third-order valence-electron chi connectivity index (χ3n) is 3.46. The molecule has 0 spiro atoms. The van der Waals surface area contributed by atoms with Crippen LogP contribution in [0.25, 0.3) is 11.1 Å². The maximum Gasteiger partial charge on any atom is 0.123 e. The summed E-state index contributed by atoms with van der Waals surface area (Å²) in [5.41, 5.74) is 4.41. The van der Waals surface area contributed by atoms with Crippen LogP contribution in [0.3, 0.4) is 0 Å². The van der Waals surface area contributed by atoms with Gasteiger partial charge in [0, 0.05) is 0 Å². The van der Waals surface area contributed by atoms with E-state index in [0.717, 1.165) is 24.0 Å². The van der Waals surface area contributed by atoms with Gasteiger partial charge in [0.2, 0.25) is 0 Å². The van der Waals surface area contributed by atoms with Crippen molar-refractivity contribution in [1.82, 2.24) is 0 Å². The van der Waals surface area contributed by atoms with Crippen LogP contribution in [0.5, 0.6) is 0 Å². The fourth-order valence-electron chi connectivity index (χ4n) is 2.49. The number of hydrogen-bond donors (Lipinski definition) is 0. The predicted octanol–water partition coefficient (Wildman–Crippen LogP) is 5.70. The van der Waals surface area contributed by atoms with Crippen molar-refractivity contribution >= 4 is 11.1 Å². The van der Waals surface area contributed by atoms with E-state index in [1.165, 1.54) is 35.4 Å². The molecular weight excluding hydrogens is 254 g/mol. The Morgan fingerprint density at radius 2 is 0.950 bits per heavy atom. The molecule has 0 aliphatic carbocycles. The van der Waals surface area contributed by atoms with Crippen LogP contribution in [0.1, 0.15) is 37.8 Å². The van der Waals surface area contributed by atoms with Crippen LogP contribution in [0.2, 0.25) is 0 Å². The molecule has 104 valence electrons. The summed E-state index contributed by atoms with van der Waals surface area (Å²) in [6.45, 7) is 4.16. The summed E-state index contributed by atoms with van der Waals surface area (Å²) in [5.74, 6) is -0.465. The average molecular weight is 272 g/mol. The second-order valence-electron chi connectivity index (χ2n) is 4.68. The minimum atomic E-state index is -0.232. The van der Waals surface area contributed by atoms with Crippen LogP contribution in [0.4, 0.5) is 8.78 Å². The summed E-state index contributed by atoms with van der Waals surface area (Å²) in [5, 5.41) is 0. The first kappa shape index (κ1) is 14.4. The van der Waals surface area contributed by atoms with Gasteiger partial charge in [-0.2, -0.15) is 0 Å². The molecule has 2 heteroatoms. The molecule has 0 radical (unpaired) electrons. The first-order valence-electron chi connectivity index (χ1n) is 6.89. The van der Waals surface area contributed by atoms with Gasteiger partial charge in [-0.1, -0.05) is 38.1 Å². The summed E-state index contributed by atoms with van der Waals surface area (Å²) >= 11 is 0. The summed E-state index contributed by atoms with van der Waals surface area (Å²) in [7, 11) is 0. The first-order valence-corrected chi connectivity index (χ1v) is 6.89. The van der Waals surface area contributed by atoms with E-state index in [1.54, 1.807) is 24.3 Å². The van der Waals surface area contributed by atoms with Gasteiger partial charge >= 0.3 is 0 Å². The van der Waals surface area contributed by atoms with Crippen LogP contribution >= 0.6 is 0 Å². The van der Waals surface area contributed by atoms with Gasteiger partial charge < -0.3 is 0 Å². The minimum Gasteiger partial charge on any atom is -0.207 e. The Labute approximate surface area is 118 Å². The lowest BCUT2D eigenvalue weighted by Crippen LogP contribution is -1.92. The van der Waals surface area contributed by atoms with Gasteiger partial charge in [0.15, 0.2) is 0 Å². The third kappa shape index (κ3) is 3.13. The molecule has 0 amide bonds. The molecule has 2 aromatic carbocycles. The molecule has 0 saturated heterocycles. The van der Waals surface area contributed by atoms with Crippen LogP contribution < -0.4 is 0 Å². The number of rotatable bonds is 4. The van der Waals surface area contributed by atoms with Gasteiger partial charge in [-0.25, -0.2) is 8.78 Å². The molecule has 0 aliphatic rings. The highest BCUT2D eigenvalue weighted by Crippen LogP contribution is 2.31. The van der Waals surface area contributed by atoms with Gasteiger partial charge in [-0.15, -0.1) is 0 Å². The smallest absolute Gasteiger partial charge is 0.123 e. The predicted molar refractivity (Wildman–Crippen MR) is 80.2 cm³/mol. The normalized spacial score (nSPS) is 12.2. The zero-order valence-corrected chi connectivity index (χ0v) is 11.8. The van der Waals surface area contributed by atoms with Crippen molar-refractivity contribution in [3.63, 3.8) is 0 Å². The number of halogens is 2. The maximum atomic E-state index is 13.0. The van der Waals surface area contributed by atoms with Crippen molar-refractivity contribution in [2.45, 2.75) is 26.7 Å². The van der Waals surface area contributed by atoms with Gasteiger partial charge in [-0.05, 0) is 59.4 Å². The standard InChI is InChI=1S/C18H18F2/c1-3-17(13-5-9-15(19)10-6-13)18(4-2)14-7-11-16(20)12-8-14/h5-12H,3-4H2,1-2H3/b18-17-. The van der Waals surface area contributed by atoms with Gasteiger partial charge in [0.1, 0.15) is 11.6 Å². The van der Waals surface area contributed by atoms with E-state index in [0.29, 0.717) is 0 Å². The molecule has 0 fully saturated rings. The lowest BCUT2D eigenvalue weighted by molar-refractivity contribution is 0.627. The average Bonchev–Trinajstić information content (AvgIpc) is 2.47. The van der Waals surface area contributed by atoms with E-state index in [2.05, 4.69) is 13.8 Å². The monoisotopic (exact) mass is 272 g/mol. The SMILES string of the molecule is CC/C(=C(\CC)c1ccc(F)cc1)c1ccc(F)cc1. The number of hydrogen-bond acceptors (Lipinski definition) is 0. The molecule has 0 aliphatic heterocycles. The number of benzene rings is 2. The van der Waals surface area contributed by atoms with Crippen LogP contribution in [0, 0.1) is 11.6 Å². The van der Waals surface area contributed by atoms with Crippen molar-refractivity contribution in [2.24, 2.45) is 0 Å². The van der Waals surface area contributed by atoms with Crippen LogP contribution in [-0.2, 0) is 0 Å². The van der Waals surface area contributed by atoms with Crippen molar-refractivity contribution in [2.75, 3.05) is 0 Å². The van der Waals surface area contributed by atoms with Gasteiger partial charge in [0.05, 0.1) is 0 Å². The van der Waals surface area contributed by atoms with Crippen LogP contribution in [-0.4, -0.2) is 0 Å². The molecule has 0 bridgehead atoms. The Kier molecular flexibility index (Phi) is 4.67. The Hall–Kier alpha value is -1.96. The molecule has 20 heavy (non-hydrogen) atoms. The highest BCUT2D eigenvalue weighted by atomic mass is 19.1. The molecule has 0 heterocycles. The quantitative estimate of drug-likeness (QED) is 0.627. The molecule has 0 nitrogen and oxygen atoms in total. The molecule has 2 rings (SSSR count). The first-order chi connectivity index (χ1) is 9.65. The lowest BCUT2D eigenvalue weighted by Gasteiger charge is -2.14. The third-order valence-corrected chi connectivity index (χ3v) is 3.46. The summed E-state index contributed by atoms with van der Waals surface area (Å²) in [6, 6.07) is 13.1. The highest BCUT2D eigenvalue weighted by Gasteiger charge is 2.09. The van der Waals surface area contributed by atoms with Gasteiger partial charge in [0.25, 0.3) is 0 Å². The number of allylic oxidation sites excluding steroid dienone is 2. The zero-order valence-electron chi connectivity index (χ0n) is 11.8. The molecule has 0 saturated carbocycles. The summed E-state index contributed by atoms with van der Waals surface area (Å²) < 4.78 is 26.1. The van der Waals surface area contributed by atoms with E-state index in [4.69, 9.17) is 0 Å². The van der Waals surface area contributed by atoms with Crippen molar-refractivity contribution in [1.29, 1.82) is 0 Å². The topological polar surface area (TPSA) is 0 Å².